The summed E-state index contributed by atoms with van der Waals surface area (Å²) in [6.07, 6.45) is 0. The van der Waals surface area contributed by atoms with Gasteiger partial charge in [0.2, 0.25) is 0 Å². The molecule has 0 bridgehead atoms. The van der Waals surface area contributed by atoms with Crippen LogP contribution in [0.5, 0.6) is 17.2 Å². The van der Waals surface area contributed by atoms with Crippen molar-refractivity contribution >= 4 is 5.97 Å². The van der Waals surface area contributed by atoms with E-state index in [1.807, 2.05) is 0 Å². The lowest BCUT2D eigenvalue weighted by Gasteiger charge is -2.06. The fourth-order valence-electron chi connectivity index (χ4n) is 1.34. The van der Waals surface area contributed by atoms with Crippen LogP contribution in [0.1, 0.15) is 10.4 Å². The molecule has 0 aliphatic carbocycles. The summed E-state index contributed by atoms with van der Waals surface area (Å²) < 4.78 is 4.96. The number of aromatic hydroxyl groups is 2. The zero-order valence-electron chi connectivity index (χ0n) is 8.83. The summed E-state index contributed by atoms with van der Waals surface area (Å²) in [5, 5.41) is 18.9. The van der Waals surface area contributed by atoms with Gasteiger partial charge in [-0.15, -0.1) is 0 Å². The van der Waals surface area contributed by atoms with Crippen LogP contribution in [0.4, 0.5) is 0 Å². The second-order valence-corrected chi connectivity index (χ2v) is 3.37. The molecule has 2 N–H and O–H groups in total. The topological polar surface area (TPSA) is 66.8 Å². The molecule has 4 nitrogen and oxygen atoms in total. The number of esters is 1. The van der Waals surface area contributed by atoms with Crippen LogP contribution in [-0.4, -0.2) is 16.2 Å². The Morgan fingerprint density at radius 2 is 1.47 bits per heavy atom. The summed E-state index contributed by atoms with van der Waals surface area (Å²) in [6, 6.07) is 12.2. The highest BCUT2D eigenvalue weighted by Crippen LogP contribution is 2.26. The van der Waals surface area contributed by atoms with E-state index in [0.717, 1.165) is 0 Å². The van der Waals surface area contributed by atoms with Crippen molar-refractivity contribution in [2.45, 2.75) is 0 Å². The lowest BCUT2D eigenvalue weighted by molar-refractivity contribution is 0.0726. The molecule has 0 radical (unpaired) electrons. The summed E-state index contributed by atoms with van der Waals surface area (Å²) in [4.78, 5) is 11.7. The number of phenols is 2. The van der Waals surface area contributed by atoms with Gasteiger partial charge in [-0.25, -0.2) is 4.79 Å². The molecule has 4 heteroatoms. The first kappa shape index (κ1) is 11.0. The SMILES string of the molecule is O=C(Oc1ccccc1O)c1ccccc1O. The van der Waals surface area contributed by atoms with Gasteiger partial charge in [0.25, 0.3) is 0 Å². The number of rotatable bonds is 2. The van der Waals surface area contributed by atoms with Crippen LogP contribution in [-0.2, 0) is 0 Å². The van der Waals surface area contributed by atoms with Crippen LogP contribution >= 0.6 is 0 Å². The molecule has 0 spiro atoms. The number of para-hydroxylation sites is 3. The zero-order valence-corrected chi connectivity index (χ0v) is 8.83. The van der Waals surface area contributed by atoms with Crippen molar-refractivity contribution in [2.24, 2.45) is 0 Å². The highest BCUT2D eigenvalue weighted by molar-refractivity contribution is 5.94. The van der Waals surface area contributed by atoms with E-state index in [1.54, 1.807) is 24.3 Å². The van der Waals surface area contributed by atoms with Gasteiger partial charge in [0.05, 0.1) is 0 Å². The lowest BCUT2D eigenvalue weighted by atomic mass is 10.2. The quantitative estimate of drug-likeness (QED) is 0.613. The Bertz CT molecular complexity index is 549. The number of hydrogen-bond donors (Lipinski definition) is 2. The predicted molar refractivity (Wildman–Crippen MR) is 61.2 cm³/mol. The average Bonchev–Trinajstić information content (AvgIpc) is 2.32. The van der Waals surface area contributed by atoms with E-state index >= 15 is 0 Å². The van der Waals surface area contributed by atoms with Gasteiger partial charge in [-0.1, -0.05) is 24.3 Å². The Morgan fingerprint density at radius 1 is 0.882 bits per heavy atom. The fourth-order valence-corrected chi connectivity index (χ4v) is 1.34. The number of carbonyl (C=O) groups excluding carboxylic acids is 1. The van der Waals surface area contributed by atoms with Crippen molar-refractivity contribution in [2.75, 3.05) is 0 Å². The minimum absolute atomic E-state index is 0.0516. The van der Waals surface area contributed by atoms with Crippen molar-refractivity contribution in [3.63, 3.8) is 0 Å². The van der Waals surface area contributed by atoms with Crippen LogP contribution in [0.15, 0.2) is 48.5 Å². The number of benzene rings is 2. The maximum Gasteiger partial charge on any atom is 0.347 e. The largest absolute Gasteiger partial charge is 0.507 e. The number of hydrogen-bond acceptors (Lipinski definition) is 4. The first-order valence-electron chi connectivity index (χ1n) is 4.96. The van der Waals surface area contributed by atoms with Crippen molar-refractivity contribution in [1.82, 2.24) is 0 Å². The normalized spacial score (nSPS) is 9.88. The van der Waals surface area contributed by atoms with Gasteiger partial charge in [-0.3, -0.25) is 0 Å². The van der Waals surface area contributed by atoms with Gasteiger partial charge < -0.3 is 14.9 Å². The Morgan fingerprint density at radius 3 is 2.12 bits per heavy atom. The summed E-state index contributed by atoms with van der Waals surface area (Å²) in [5.74, 6) is -0.949. The van der Waals surface area contributed by atoms with E-state index in [9.17, 15) is 15.0 Å². The van der Waals surface area contributed by atoms with Crippen LogP contribution < -0.4 is 4.74 Å². The molecule has 0 unspecified atom stereocenters. The summed E-state index contributed by atoms with van der Waals surface area (Å²) in [6.45, 7) is 0. The first-order chi connectivity index (χ1) is 8.18. The maximum absolute atomic E-state index is 11.7. The minimum atomic E-state index is -0.718. The third-order valence-electron chi connectivity index (χ3n) is 2.19. The van der Waals surface area contributed by atoms with E-state index < -0.39 is 5.97 Å². The summed E-state index contributed by atoms with van der Waals surface area (Å²) in [5.41, 5.74) is 0.0516. The highest BCUT2D eigenvalue weighted by atomic mass is 16.5. The van der Waals surface area contributed by atoms with Crippen LogP contribution in [0, 0.1) is 0 Å². The summed E-state index contributed by atoms with van der Waals surface area (Å²) >= 11 is 0. The molecule has 0 fully saturated rings. The van der Waals surface area contributed by atoms with Crippen molar-refractivity contribution in [1.29, 1.82) is 0 Å². The lowest BCUT2D eigenvalue weighted by Crippen LogP contribution is -2.08. The minimum Gasteiger partial charge on any atom is -0.507 e. The van der Waals surface area contributed by atoms with Gasteiger partial charge in [0.15, 0.2) is 11.5 Å². The second-order valence-electron chi connectivity index (χ2n) is 3.37. The molecule has 0 heterocycles. The summed E-state index contributed by atoms with van der Waals surface area (Å²) in [7, 11) is 0. The van der Waals surface area contributed by atoms with Gasteiger partial charge in [0.1, 0.15) is 11.3 Å². The van der Waals surface area contributed by atoms with E-state index in [1.165, 1.54) is 24.3 Å². The average molecular weight is 230 g/mol. The Labute approximate surface area is 97.7 Å². The Kier molecular flexibility index (Phi) is 2.96. The number of carbonyl (C=O) groups is 1. The molecule has 2 rings (SSSR count). The number of ether oxygens (including phenoxy) is 1. The Balaban J connectivity index is 2.24. The second kappa shape index (κ2) is 4.57. The molecule has 2 aromatic carbocycles. The van der Waals surface area contributed by atoms with Crippen molar-refractivity contribution < 1.29 is 19.7 Å². The molecule has 0 aliphatic heterocycles. The van der Waals surface area contributed by atoms with E-state index in [4.69, 9.17) is 4.74 Å². The predicted octanol–water partition coefficient (Wildman–Crippen LogP) is 2.32. The molecule has 0 aliphatic rings. The van der Waals surface area contributed by atoms with Crippen LogP contribution in [0.25, 0.3) is 0 Å². The van der Waals surface area contributed by atoms with E-state index in [2.05, 4.69) is 0 Å². The van der Waals surface area contributed by atoms with E-state index in [-0.39, 0.29) is 22.8 Å². The molecule has 0 amide bonds. The van der Waals surface area contributed by atoms with E-state index in [0.29, 0.717) is 0 Å². The molecule has 0 atom stereocenters. The molecule has 86 valence electrons. The van der Waals surface area contributed by atoms with Crippen molar-refractivity contribution in [3.05, 3.63) is 54.1 Å². The van der Waals surface area contributed by atoms with Gasteiger partial charge in [0, 0.05) is 0 Å². The molecule has 0 saturated carbocycles. The molecular weight excluding hydrogens is 220 g/mol. The third-order valence-corrected chi connectivity index (χ3v) is 2.19. The maximum atomic E-state index is 11.7. The van der Waals surface area contributed by atoms with Crippen LogP contribution in [0.3, 0.4) is 0 Å². The number of phenolic OH excluding ortho intramolecular Hbond substituents is 2. The van der Waals surface area contributed by atoms with Gasteiger partial charge in [-0.05, 0) is 24.3 Å². The van der Waals surface area contributed by atoms with Gasteiger partial charge in [-0.2, -0.15) is 0 Å². The standard InChI is InChI=1S/C13H10O4/c14-10-6-2-1-5-9(10)13(16)17-12-8-4-3-7-11(12)15/h1-8,14-15H. The molecule has 17 heavy (non-hydrogen) atoms. The molecule has 0 aromatic heterocycles. The third kappa shape index (κ3) is 2.36. The smallest absolute Gasteiger partial charge is 0.347 e. The monoisotopic (exact) mass is 230 g/mol. The zero-order chi connectivity index (χ0) is 12.3. The molecule has 2 aromatic rings. The first-order valence-corrected chi connectivity index (χ1v) is 4.96. The Hall–Kier alpha value is -2.49. The van der Waals surface area contributed by atoms with Gasteiger partial charge >= 0.3 is 5.97 Å². The molecule has 0 saturated heterocycles. The highest BCUT2D eigenvalue weighted by Gasteiger charge is 2.14. The fraction of sp³-hybridized carbons (Fsp3) is 0. The van der Waals surface area contributed by atoms with Crippen LogP contribution in [0.2, 0.25) is 0 Å². The van der Waals surface area contributed by atoms with Crippen molar-refractivity contribution in [3.8, 4) is 17.2 Å². The molecular formula is C13H10O4.